The molecule has 4 heteroatoms. The molecular weight excluding hydrogens is 266 g/mol. The average Bonchev–Trinajstić information content (AvgIpc) is 3.08. The zero-order chi connectivity index (χ0) is 13.9. The van der Waals surface area contributed by atoms with Gasteiger partial charge in [-0.25, -0.2) is 4.98 Å². The minimum Gasteiger partial charge on any atom is -0.331 e. The molecule has 0 aliphatic heterocycles. The lowest BCUT2D eigenvalue weighted by atomic mass is 10.1. The highest BCUT2D eigenvalue weighted by molar-refractivity contribution is 7.07. The molecule has 0 radical (unpaired) electrons. The Morgan fingerprint density at radius 3 is 2.80 bits per heavy atom. The van der Waals surface area contributed by atoms with Gasteiger partial charge in [0.15, 0.2) is 0 Å². The average molecular weight is 285 g/mol. The van der Waals surface area contributed by atoms with Gasteiger partial charge < -0.3 is 9.88 Å². The van der Waals surface area contributed by atoms with Gasteiger partial charge >= 0.3 is 0 Å². The number of thiophene rings is 1. The predicted molar refractivity (Wildman–Crippen MR) is 85.3 cm³/mol. The number of rotatable bonds is 5. The molecule has 0 spiro atoms. The molecule has 1 N–H and O–H groups in total. The number of fused-ring (bicyclic) bond motifs is 1. The molecule has 1 aromatic carbocycles. The van der Waals surface area contributed by atoms with Crippen molar-refractivity contribution < 1.29 is 0 Å². The van der Waals surface area contributed by atoms with E-state index in [1.807, 2.05) is 13.1 Å². The van der Waals surface area contributed by atoms with Crippen LogP contribution >= 0.6 is 11.3 Å². The molecular formula is C16H19N3S. The first kappa shape index (κ1) is 13.3. The van der Waals surface area contributed by atoms with Gasteiger partial charge in [0, 0.05) is 19.5 Å². The van der Waals surface area contributed by atoms with Gasteiger partial charge in [-0.2, -0.15) is 11.3 Å². The second-order valence-electron chi connectivity index (χ2n) is 5.10. The summed E-state index contributed by atoms with van der Waals surface area (Å²) in [6, 6.07) is 10.9. The van der Waals surface area contributed by atoms with E-state index in [0.717, 1.165) is 24.2 Å². The minimum absolute atomic E-state index is 0.417. The van der Waals surface area contributed by atoms with Crippen LogP contribution < -0.4 is 5.32 Å². The largest absolute Gasteiger partial charge is 0.331 e. The summed E-state index contributed by atoms with van der Waals surface area (Å²) >= 11 is 1.76. The molecule has 20 heavy (non-hydrogen) atoms. The molecule has 3 aromatic rings. The summed E-state index contributed by atoms with van der Waals surface area (Å²) in [5.74, 6) is 1.14. The summed E-state index contributed by atoms with van der Waals surface area (Å²) in [6.45, 7) is 0. The number of imidazole rings is 1. The van der Waals surface area contributed by atoms with Crippen molar-refractivity contribution in [3.05, 3.63) is 52.5 Å². The molecule has 0 saturated heterocycles. The maximum Gasteiger partial charge on any atom is 0.111 e. The van der Waals surface area contributed by atoms with Crippen molar-refractivity contribution in [3.63, 3.8) is 0 Å². The van der Waals surface area contributed by atoms with E-state index in [4.69, 9.17) is 4.98 Å². The number of benzene rings is 1. The fourth-order valence-corrected chi connectivity index (χ4v) is 3.25. The van der Waals surface area contributed by atoms with Gasteiger partial charge in [0.25, 0.3) is 0 Å². The molecule has 0 amide bonds. The first-order valence-corrected chi connectivity index (χ1v) is 7.81. The van der Waals surface area contributed by atoms with E-state index in [1.54, 1.807) is 11.3 Å². The molecule has 0 saturated carbocycles. The SMILES string of the molecule is CNC(Cc1ccsc1)Cc1nc2ccccc2n1C. The van der Waals surface area contributed by atoms with E-state index in [0.29, 0.717) is 6.04 Å². The van der Waals surface area contributed by atoms with Crippen LogP contribution in [0.5, 0.6) is 0 Å². The number of aryl methyl sites for hydroxylation is 1. The van der Waals surface area contributed by atoms with E-state index in [1.165, 1.54) is 11.1 Å². The Morgan fingerprint density at radius 1 is 1.25 bits per heavy atom. The van der Waals surface area contributed by atoms with Crippen molar-refractivity contribution in [2.75, 3.05) is 7.05 Å². The summed E-state index contributed by atoms with van der Waals surface area (Å²) in [4.78, 5) is 4.75. The number of likely N-dealkylation sites (N-methyl/N-ethyl adjacent to an activating group) is 1. The van der Waals surface area contributed by atoms with Crippen LogP contribution in [0.4, 0.5) is 0 Å². The number of nitrogens with zero attached hydrogens (tertiary/aromatic N) is 2. The summed E-state index contributed by atoms with van der Waals surface area (Å²) in [7, 11) is 4.13. The van der Waals surface area contributed by atoms with Crippen molar-refractivity contribution in [1.82, 2.24) is 14.9 Å². The molecule has 2 aromatic heterocycles. The third kappa shape index (κ3) is 2.62. The van der Waals surface area contributed by atoms with Crippen LogP contribution in [0.1, 0.15) is 11.4 Å². The Morgan fingerprint density at radius 2 is 2.10 bits per heavy atom. The molecule has 0 bridgehead atoms. The van der Waals surface area contributed by atoms with Crippen LogP contribution in [-0.4, -0.2) is 22.6 Å². The van der Waals surface area contributed by atoms with E-state index in [-0.39, 0.29) is 0 Å². The number of aromatic nitrogens is 2. The van der Waals surface area contributed by atoms with Gasteiger partial charge in [0.05, 0.1) is 11.0 Å². The lowest BCUT2D eigenvalue weighted by Gasteiger charge is -2.15. The summed E-state index contributed by atoms with van der Waals surface area (Å²) in [5, 5.41) is 7.77. The third-order valence-corrected chi connectivity index (χ3v) is 4.51. The number of hydrogen-bond donors (Lipinski definition) is 1. The quantitative estimate of drug-likeness (QED) is 0.781. The maximum absolute atomic E-state index is 4.75. The Bertz CT molecular complexity index is 685. The normalized spacial score (nSPS) is 12.9. The van der Waals surface area contributed by atoms with E-state index < -0.39 is 0 Å². The monoisotopic (exact) mass is 285 g/mol. The topological polar surface area (TPSA) is 29.9 Å². The fraction of sp³-hybridized carbons (Fsp3) is 0.312. The van der Waals surface area contributed by atoms with Crippen LogP contribution in [0.3, 0.4) is 0 Å². The van der Waals surface area contributed by atoms with Crippen molar-refractivity contribution in [1.29, 1.82) is 0 Å². The fourth-order valence-electron chi connectivity index (χ4n) is 2.57. The lowest BCUT2D eigenvalue weighted by Crippen LogP contribution is -2.30. The molecule has 3 rings (SSSR count). The second kappa shape index (κ2) is 5.77. The van der Waals surface area contributed by atoms with Crippen molar-refractivity contribution in [2.24, 2.45) is 7.05 Å². The number of para-hydroxylation sites is 2. The van der Waals surface area contributed by atoms with Gasteiger partial charge in [-0.15, -0.1) is 0 Å². The van der Waals surface area contributed by atoms with Gasteiger partial charge in [-0.1, -0.05) is 12.1 Å². The second-order valence-corrected chi connectivity index (χ2v) is 5.88. The van der Waals surface area contributed by atoms with Crippen LogP contribution in [0.2, 0.25) is 0 Å². The molecule has 0 fully saturated rings. The highest BCUT2D eigenvalue weighted by atomic mass is 32.1. The molecule has 3 nitrogen and oxygen atoms in total. The van der Waals surface area contributed by atoms with Gasteiger partial charge in [-0.05, 0) is 48.0 Å². The van der Waals surface area contributed by atoms with Gasteiger partial charge in [0.2, 0.25) is 0 Å². The van der Waals surface area contributed by atoms with E-state index in [2.05, 4.69) is 52.0 Å². The smallest absolute Gasteiger partial charge is 0.111 e. The summed E-state index contributed by atoms with van der Waals surface area (Å²) < 4.78 is 2.20. The Kier molecular flexibility index (Phi) is 3.85. The number of hydrogen-bond acceptors (Lipinski definition) is 3. The molecule has 2 heterocycles. The van der Waals surface area contributed by atoms with E-state index >= 15 is 0 Å². The standard InChI is InChI=1S/C16H19N3S/c1-17-13(9-12-7-8-20-11-12)10-16-18-14-5-3-4-6-15(14)19(16)2/h3-8,11,13,17H,9-10H2,1-2H3. The molecule has 1 atom stereocenters. The Balaban J connectivity index is 1.82. The van der Waals surface area contributed by atoms with Crippen molar-refractivity contribution in [2.45, 2.75) is 18.9 Å². The highest BCUT2D eigenvalue weighted by Gasteiger charge is 2.14. The Labute approximate surface area is 123 Å². The lowest BCUT2D eigenvalue weighted by molar-refractivity contribution is 0.536. The molecule has 0 aliphatic carbocycles. The van der Waals surface area contributed by atoms with Gasteiger partial charge in [0.1, 0.15) is 5.82 Å². The van der Waals surface area contributed by atoms with Crippen LogP contribution in [0, 0.1) is 0 Å². The Hall–Kier alpha value is -1.65. The van der Waals surface area contributed by atoms with Crippen molar-refractivity contribution >= 4 is 22.4 Å². The van der Waals surface area contributed by atoms with Crippen LogP contribution in [-0.2, 0) is 19.9 Å². The highest BCUT2D eigenvalue weighted by Crippen LogP contribution is 2.17. The van der Waals surface area contributed by atoms with E-state index in [9.17, 15) is 0 Å². The first-order chi connectivity index (χ1) is 9.78. The maximum atomic E-state index is 4.75. The predicted octanol–water partition coefficient (Wildman–Crippen LogP) is 3.01. The molecule has 0 aliphatic rings. The first-order valence-electron chi connectivity index (χ1n) is 6.86. The molecule has 104 valence electrons. The van der Waals surface area contributed by atoms with Crippen LogP contribution in [0.25, 0.3) is 11.0 Å². The summed E-state index contributed by atoms with van der Waals surface area (Å²) in [6.07, 6.45) is 1.99. The minimum atomic E-state index is 0.417. The molecule has 1 unspecified atom stereocenters. The number of nitrogens with one attached hydrogen (secondary N) is 1. The zero-order valence-electron chi connectivity index (χ0n) is 11.8. The van der Waals surface area contributed by atoms with Gasteiger partial charge in [-0.3, -0.25) is 0 Å². The zero-order valence-corrected chi connectivity index (χ0v) is 12.7. The van der Waals surface area contributed by atoms with Crippen molar-refractivity contribution in [3.8, 4) is 0 Å². The summed E-state index contributed by atoms with van der Waals surface area (Å²) in [5.41, 5.74) is 3.68. The third-order valence-electron chi connectivity index (χ3n) is 3.78. The van der Waals surface area contributed by atoms with Crippen LogP contribution in [0.15, 0.2) is 41.1 Å².